The van der Waals surface area contributed by atoms with Crippen LogP contribution in [-0.2, 0) is 14.3 Å². The zero-order valence-corrected chi connectivity index (χ0v) is 15.9. The van der Waals surface area contributed by atoms with Gasteiger partial charge in [0.15, 0.2) is 6.61 Å². The summed E-state index contributed by atoms with van der Waals surface area (Å²) < 4.78 is 10.6. The van der Waals surface area contributed by atoms with Crippen LogP contribution >= 0.6 is 0 Å². The minimum atomic E-state index is -0.453. The van der Waals surface area contributed by atoms with E-state index in [2.05, 4.69) is 12.2 Å². The van der Waals surface area contributed by atoms with E-state index in [1.807, 2.05) is 61.5 Å². The van der Waals surface area contributed by atoms with Gasteiger partial charge < -0.3 is 14.8 Å². The van der Waals surface area contributed by atoms with Crippen molar-refractivity contribution in [3.63, 3.8) is 0 Å². The van der Waals surface area contributed by atoms with Crippen LogP contribution in [0.2, 0.25) is 0 Å². The van der Waals surface area contributed by atoms with Crippen molar-refractivity contribution in [2.75, 3.05) is 13.2 Å². The molecule has 1 amide bonds. The van der Waals surface area contributed by atoms with Crippen LogP contribution < -0.4 is 10.1 Å². The van der Waals surface area contributed by atoms with Gasteiger partial charge in [0.25, 0.3) is 5.91 Å². The van der Waals surface area contributed by atoms with Crippen LogP contribution in [-0.4, -0.2) is 25.1 Å². The Morgan fingerprint density at radius 1 is 1.04 bits per heavy atom. The molecule has 2 rings (SSSR count). The summed E-state index contributed by atoms with van der Waals surface area (Å²) in [6.07, 6.45) is 1.86. The Labute approximate surface area is 160 Å². The van der Waals surface area contributed by atoms with Crippen LogP contribution in [0.25, 0.3) is 0 Å². The van der Waals surface area contributed by atoms with Gasteiger partial charge in [0, 0.05) is 0 Å². The summed E-state index contributed by atoms with van der Waals surface area (Å²) in [6.45, 7) is 3.94. The van der Waals surface area contributed by atoms with Crippen molar-refractivity contribution in [2.24, 2.45) is 0 Å². The summed E-state index contributed by atoms with van der Waals surface area (Å²) in [4.78, 5) is 23.9. The molecule has 0 radical (unpaired) electrons. The molecular weight excluding hydrogens is 342 g/mol. The summed E-state index contributed by atoms with van der Waals surface area (Å²) in [5, 5.41) is 2.93. The van der Waals surface area contributed by atoms with Crippen molar-refractivity contribution >= 4 is 11.9 Å². The number of esters is 1. The molecule has 0 aliphatic heterocycles. The van der Waals surface area contributed by atoms with Crippen LogP contribution in [0.1, 0.15) is 43.4 Å². The summed E-state index contributed by atoms with van der Waals surface area (Å²) in [6, 6.07) is 17.3. The predicted octanol–water partition coefficient (Wildman–Crippen LogP) is 3.96. The second-order valence-electron chi connectivity index (χ2n) is 6.34. The smallest absolute Gasteiger partial charge is 0.309 e. The number of aryl methyl sites for hydroxylation is 1. The minimum Gasteiger partial charge on any atom is -0.493 e. The number of nitrogens with one attached hydrogen (secondary N) is 1. The molecule has 5 heteroatoms. The van der Waals surface area contributed by atoms with E-state index in [-0.39, 0.29) is 31.6 Å². The fraction of sp³-hybridized carbons (Fsp3) is 0.364. The second kappa shape index (κ2) is 11.0. The van der Waals surface area contributed by atoms with Crippen LogP contribution in [0.3, 0.4) is 0 Å². The van der Waals surface area contributed by atoms with Gasteiger partial charge in [-0.15, -0.1) is 0 Å². The molecule has 0 spiro atoms. The van der Waals surface area contributed by atoms with E-state index in [0.717, 1.165) is 29.7 Å². The highest BCUT2D eigenvalue weighted by Gasteiger charge is 2.15. The Hall–Kier alpha value is -2.82. The summed E-state index contributed by atoms with van der Waals surface area (Å²) in [5.74, 6) is -0.00993. The highest BCUT2D eigenvalue weighted by Crippen LogP contribution is 2.18. The van der Waals surface area contributed by atoms with E-state index in [0.29, 0.717) is 0 Å². The number of hydrogen-bond donors (Lipinski definition) is 1. The normalized spacial score (nSPS) is 11.5. The third kappa shape index (κ3) is 7.13. The lowest BCUT2D eigenvalue weighted by molar-refractivity contribution is -0.149. The van der Waals surface area contributed by atoms with E-state index >= 15 is 0 Å². The third-order valence-corrected chi connectivity index (χ3v) is 4.14. The van der Waals surface area contributed by atoms with E-state index < -0.39 is 5.97 Å². The number of rotatable bonds is 10. The summed E-state index contributed by atoms with van der Waals surface area (Å²) >= 11 is 0. The molecule has 27 heavy (non-hydrogen) atoms. The Balaban J connectivity index is 1.72. The number of ether oxygens (including phenoxy) is 2. The number of para-hydroxylation sites is 1. The Kier molecular flexibility index (Phi) is 8.36. The molecule has 2 aromatic carbocycles. The van der Waals surface area contributed by atoms with Gasteiger partial charge in [0.05, 0.1) is 19.1 Å². The molecule has 0 fully saturated rings. The molecule has 1 atom stereocenters. The molecule has 0 heterocycles. The lowest BCUT2D eigenvalue weighted by Gasteiger charge is -2.18. The van der Waals surface area contributed by atoms with Crippen molar-refractivity contribution < 1.29 is 19.1 Å². The molecule has 0 aromatic heterocycles. The lowest BCUT2D eigenvalue weighted by Crippen LogP contribution is -2.32. The predicted molar refractivity (Wildman–Crippen MR) is 104 cm³/mol. The fourth-order valence-electron chi connectivity index (χ4n) is 2.71. The maximum absolute atomic E-state index is 12.1. The van der Waals surface area contributed by atoms with Gasteiger partial charge in [-0.3, -0.25) is 9.59 Å². The molecule has 0 saturated heterocycles. The molecule has 144 valence electrons. The molecule has 1 N–H and O–H groups in total. The molecule has 0 saturated carbocycles. The molecule has 0 aliphatic rings. The standard InChI is InChI=1S/C22H27NO4/c1-3-9-19(18-11-5-4-6-12-18)23-21(24)16-27-22(25)14-15-26-20-13-8-7-10-17(20)2/h4-8,10-13,19H,3,9,14-16H2,1-2H3,(H,23,24). The first-order valence-corrected chi connectivity index (χ1v) is 9.28. The first-order chi connectivity index (χ1) is 13.1. The zero-order chi connectivity index (χ0) is 19.5. The first kappa shape index (κ1) is 20.5. The SMILES string of the molecule is CCCC(NC(=O)COC(=O)CCOc1ccccc1C)c1ccccc1. The molecule has 0 bridgehead atoms. The van der Waals surface area contributed by atoms with Crippen LogP contribution in [0.4, 0.5) is 0 Å². The number of carbonyl (C=O) groups is 2. The molecule has 0 aliphatic carbocycles. The molecule has 2 aromatic rings. The number of benzene rings is 2. The van der Waals surface area contributed by atoms with Crippen LogP contribution in [0.5, 0.6) is 5.75 Å². The van der Waals surface area contributed by atoms with Crippen LogP contribution in [0.15, 0.2) is 54.6 Å². The highest BCUT2D eigenvalue weighted by atomic mass is 16.5. The molecule has 5 nitrogen and oxygen atoms in total. The molecule has 1 unspecified atom stereocenters. The van der Waals surface area contributed by atoms with Gasteiger partial charge >= 0.3 is 5.97 Å². The van der Waals surface area contributed by atoms with Gasteiger partial charge in [-0.2, -0.15) is 0 Å². The van der Waals surface area contributed by atoms with E-state index in [1.54, 1.807) is 0 Å². The molecular formula is C22H27NO4. The van der Waals surface area contributed by atoms with Crippen molar-refractivity contribution in [1.82, 2.24) is 5.32 Å². The average molecular weight is 369 g/mol. The van der Waals surface area contributed by atoms with E-state index in [9.17, 15) is 9.59 Å². The van der Waals surface area contributed by atoms with Crippen molar-refractivity contribution in [2.45, 2.75) is 39.2 Å². The van der Waals surface area contributed by atoms with E-state index in [4.69, 9.17) is 9.47 Å². The second-order valence-corrected chi connectivity index (χ2v) is 6.34. The van der Waals surface area contributed by atoms with Gasteiger partial charge in [-0.25, -0.2) is 0 Å². The van der Waals surface area contributed by atoms with E-state index in [1.165, 1.54) is 0 Å². The monoisotopic (exact) mass is 369 g/mol. The average Bonchev–Trinajstić information content (AvgIpc) is 2.68. The highest BCUT2D eigenvalue weighted by molar-refractivity contribution is 5.80. The third-order valence-electron chi connectivity index (χ3n) is 4.14. The van der Waals surface area contributed by atoms with Gasteiger partial charge in [0.1, 0.15) is 5.75 Å². The maximum atomic E-state index is 12.1. The van der Waals surface area contributed by atoms with Gasteiger partial charge in [0.2, 0.25) is 0 Å². The lowest BCUT2D eigenvalue weighted by atomic mass is 10.0. The summed E-state index contributed by atoms with van der Waals surface area (Å²) in [7, 11) is 0. The Morgan fingerprint density at radius 3 is 2.44 bits per heavy atom. The van der Waals surface area contributed by atoms with Gasteiger partial charge in [-0.05, 0) is 30.5 Å². The minimum absolute atomic E-state index is 0.0770. The number of carbonyl (C=O) groups excluding carboxylic acids is 2. The first-order valence-electron chi connectivity index (χ1n) is 9.28. The van der Waals surface area contributed by atoms with Crippen molar-refractivity contribution in [3.8, 4) is 5.75 Å². The topological polar surface area (TPSA) is 64.6 Å². The number of hydrogen-bond acceptors (Lipinski definition) is 4. The summed E-state index contributed by atoms with van der Waals surface area (Å²) in [5.41, 5.74) is 2.05. The Morgan fingerprint density at radius 2 is 1.74 bits per heavy atom. The maximum Gasteiger partial charge on any atom is 0.309 e. The Bertz CT molecular complexity index is 730. The van der Waals surface area contributed by atoms with Crippen molar-refractivity contribution in [3.05, 3.63) is 65.7 Å². The zero-order valence-electron chi connectivity index (χ0n) is 15.9. The quantitative estimate of drug-likeness (QED) is 0.644. The number of amides is 1. The van der Waals surface area contributed by atoms with Crippen LogP contribution in [0, 0.1) is 6.92 Å². The van der Waals surface area contributed by atoms with Gasteiger partial charge in [-0.1, -0.05) is 61.9 Å². The van der Waals surface area contributed by atoms with Crippen molar-refractivity contribution in [1.29, 1.82) is 0 Å². The largest absolute Gasteiger partial charge is 0.493 e. The fourth-order valence-corrected chi connectivity index (χ4v) is 2.71.